The van der Waals surface area contributed by atoms with Crippen molar-refractivity contribution in [3.05, 3.63) is 48.0 Å². The number of aryl methyl sites for hydroxylation is 2. The van der Waals surface area contributed by atoms with Crippen molar-refractivity contribution in [3.8, 4) is 11.5 Å². The molecule has 4 fully saturated rings. The first-order valence-corrected chi connectivity index (χ1v) is 30.2. The van der Waals surface area contributed by atoms with E-state index in [-0.39, 0.29) is 0 Å². The minimum Gasteiger partial charge on any atom is -0.492 e. The van der Waals surface area contributed by atoms with Gasteiger partial charge in [0, 0.05) is 11.4 Å². The molecule has 0 N–H and O–H groups in total. The fourth-order valence-electron chi connectivity index (χ4n) is 12.8. The van der Waals surface area contributed by atoms with Crippen LogP contribution < -0.4 is 9.47 Å². The third-order valence-electron chi connectivity index (χ3n) is 17.8. The van der Waals surface area contributed by atoms with Crippen molar-refractivity contribution < 1.29 is 9.47 Å². The van der Waals surface area contributed by atoms with Crippen LogP contribution in [0.15, 0.2) is 36.7 Å². The van der Waals surface area contributed by atoms with Gasteiger partial charge in [-0.25, -0.2) is 0 Å². The highest BCUT2D eigenvalue weighted by Crippen LogP contribution is 2.40. The summed E-state index contributed by atoms with van der Waals surface area (Å²) in [4.78, 5) is 9.35. The molecular formula is C63H108N2O2. The van der Waals surface area contributed by atoms with Gasteiger partial charge in [-0.1, -0.05) is 240 Å². The monoisotopic (exact) mass is 925 g/mol. The van der Waals surface area contributed by atoms with Gasteiger partial charge >= 0.3 is 0 Å². The second-order valence-corrected chi connectivity index (χ2v) is 23.2. The van der Waals surface area contributed by atoms with Crippen LogP contribution in [-0.4, -0.2) is 23.2 Å². The average Bonchev–Trinajstić information content (AvgIpc) is 3.38. The SMILES string of the molecule is CCCCCCOc1ccc(CC[C@H]2CC[C@H](CC[C@H]3CC[C@H](CCCC)CC3)CC2)nc1.CCCCCCOc1ccc(CC[C@H]2CC[C@H](CC[C@H]3CC[C@H](CCCCC)CC3)CC2)nc1. The molecule has 4 aliphatic carbocycles. The van der Waals surface area contributed by atoms with Gasteiger partial charge in [0.05, 0.1) is 25.6 Å². The summed E-state index contributed by atoms with van der Waals surface area (Å²) in [5.41, 5.74) is 2.48. The number of nitrogens with zero attached hydrogens (tertiary/aromatic N) is 2. The smallest absolute Gasteiger partial charge is 0.137 e. The molecule has 0 bridgehead atoms. The normalized spacial score (nSPS) is 25.6. The molecule has 4 saturated carbocycles. The minimum atomic E-state index is 0.824. The van der Waals surface area contributed by atoms with E-state index in [4.69, 9.17) is 9.47 Å². The third kappa shape index (κ3) is 24.0. The molecule has 0 radical (unpaired) electrons. The molecule has 4 heteroatoms. The zero-order chi connectivity index (χ0) is 47.0. The van der Waals surface area contributed by atoms with Crippen molar-refractivity contribution in [2.24, 2.45) is 47.3 Å². The second-order valence-electron chi connectivity index (χ2n) is 23.2. The molecule has 6 rings (SSSR count). The van der Waals surface area contributed by atoms with Gasteiger partial charge in [-0.2, -0.15) is 0 Å². The molecule has 67 heavy (non-hydrogen) atoms. The Morgan fingerprint density at radius 2 is 0.627 bits per heavy atom. The van der Waals surface area contributed by atoms with Gasteiger partial charge < -0.3 is 9.47 Å². The molecule has 0 saturated heterocycles. The van der Waals surface area contributed by atoms with Crippen LogP contribution in [-0.2, 0) is 12.8 Å². The number of hydrogen-bond acceptors (Lipinski definition) is 4. The molecule has 4 aliphatic rings. The minimum absolute atomic E-state index is 0.824. The Labute approximate surface area is 415 Å². The molecule has 0 unspecified atom stereocenters. The summed E-state index contributed by atoms with van der Waals surface area (Å²) in [7, 11) is 0. The highest BCUT2D eigenvalue weighted by Gasteiger charge is 2.26. The summed E-state index contributed by atoms with van der Waals surface area (Å²) >= 11 is 0. The molecule has 0 spiro atoms. The predicted molar refractivity (Wildman–Crippen MR) is 288 cm³/mol. The first-order valence-electron chi connectivity index (χ1n) is 30.2. The first kappa shape index (κ1) is 55.8. The Hall–Kier alpha value is -2.10. The number of unbranched alkanes of at least 4 members (excludes halogenated alkanes) is 9. The standard InChI is InChI=1S/C32H55NO.C31H53NO/c1-3-5-7-9-25-34-32-24-23-31(33-26-32)22-21-30-19-17-29(18-20-30)16-15-28-13-11-27(12-14-28)10-8-6-4-2;1-3-5-7-8-24-33-31-23-22-30(32-25-31)21-20-29-18-16-28(17-19-29)15-14-27-12-10-26(11-13-27)9-6-4-2/h23-24,26-30H,3-22,25H2,1-2H3;22-23,25-29H,3-21,24H2,1-2H3/t27-,28-,29-,30-;26-,27-,28-,29-. The molecule has 2 aromatic heterocycles. The summed E-state index contributed by atoms with van der Waals surface area (Å²) < 4.78 is 11.7. The third-order valence-corrected chi connectivity index (χ3v) is 17.8. The Morgan fingerprint density at radius 3 is 0.940 bits per heavy atom. The van der Waals surface area contributed by atoms with Crippen molar-refractivity contribution in [3.63, 3.8) is 0 Å². The second kappa shape index (κ2) is 35.1. The Bertz CT molecular complexity index is 1430. The lowest BCUT2D eigenvalue weighted by Crippen LogP contribution is -2.18. The summed E-state index contributed by atoms with van der Waals surface area (Å²) in [5.74, 6) is 9.98. The lowest BCUT2D eigenvalue weighted by atomic mass is 9.74. The summed E-state index contributed by atoms with van der Waals surface area (Å²) in [6, 6.07) is 8.61. The quantitative estimate of drug-likeness (QED) is 0.0707. The summed E-state index contributed by atoms with van der Waals surface area (Å²) in [5, 5.41) is 0. The van der Waals surface area contributed by atoms with Gasteiger partial charge in [0.25, 0.3) is 0 Å². The van der Waals surface area contributed by atoms with E-state index in [1.54, 1.807) is 0 Å². The van der Waals surface area contributed by atoms with E-state index in [9.17, 15) is 0 Å². The van der Waals surface area contributed by atoms with Gasteiger partial charge in [0.2, 0.25) is 0 Å². The van der Waals surface area contributed by atoms with Crippen LogP contribution in [0.5, 0.6) is 11.5 Å². The summed E-state index contributed by atoms with van der Waals surface area (Å²) in [6.45, 7) is 10.8. The number of ether oxygens (including phenoxy) is 2. The number of rotatable bonds is 31. The molecule has 2 aromatic rings. The molecular weight excluding hydrogens is 817 g/mol. The van der Waals surface area contributed by atoms with Crippen molar-refractivity contribution in [1.29, 1.82) is 0 Å². The lowest BCUT2D eigenvalue weighted by molar-refractivity contribution is 0.208. The van der Waals surface area contributed by atoms with Gasteiger partial charge in [0.15, 0.2) is 0 Å². The Kier molecular flexibility index (Phi) is 29.2. The van der Waals surface area contributed by atoms with Crippen LogP contribution in [0.2, 0.25) is 0 Å². The molecule has 4 nitrogen and oxygen atoms in total. The van der Waals surface area contributed by atoms with E-state index in [1.807, 2.05) is 12.4 Å². The van der Waals surface area contributed by atoms with Crippen LogP contribution >= 0.6 is 0 Å². The van der Waals surface area contributed by atoms with E-state index in [2.05, 4.69) is 61.9 Å². The maximum atomic E-state index is 5.84. The number of pyridine rings is 2. The van der Waals surface area contributed by atoms with Gasteiger partial charge in [0.1, 0.15) is 11.5 Å². The highest BCUT2D eigenvalue weighted by atomic mass is 16.5. The zero-order valence-corrected chi connectivity index (χ0v) is 44.8. The van der Waals surface area contributed by atoms with Crippen LogP contribution in [0.3, 0.4) is 0 Å². The Morgan fingerprint density at radius 1 is 0.328 bits per heavy atom. The number of hydrogen-bond donors (Lipinski definition) is 0. The fourth-order valence-corrected chi connectivity index (χ4v) is 12.8. The largest absolute Gasteiger partial charge is 0.492 e. The van der Waals surface area contributed by atoms with Crippen LogP contribution in [0, 0.1) is 47.3 Å². The molecule has 0 amide bonds. The van der Waals surface area contributed by atoms with Crippen LogP contribution in [0.4, 0.5) is 0 Å². The summed E-state index contributed by atoms with van der Waals surface area (Å²) in [6.07, 6.45) is 58.9. The average molecular weight is 926 g/mol. The molecule has 382 valence electrons. The zero-order valence-electron chi connectivity index (χ0n) is 44.8. The van der Waals surface area contributed by atoms with Gasteiger partial charge in [-0.15, -0.1) is 0 Å². The van der Waals surface area contributed by atoms with Gasteiger partial charge in [-0.05, 0) is 110 Å². The predicted octanol–water partition coefficient (Wildman–Crippen LogP) is 19.5. The number of aromatic nitrogens is 2. The van der Waals surface area contributed by atoms with E-state index in [0.29, 0.717) is 0 Å². The molecule has 0 aliphatic heterocycles. The maximum Gasteiger partial charge on any atom is 0.137 e. The topological polar surface area (TPSA) is 44.2 Å². The van der Waals surface area contributed by atoms with E-state index in [1.165, 1.54) is 236 Å². The molecule has 0 aromatic carbocycles. The molecule has 0 atom stereocenters. The van der Waals surface area contributed by atoms with E-state index < -0.39 is 0 Å². The van der Waals surface area contributed by atoms with Crippen LogP contribution in [0.25, 0.3) is 0 Å². The van der Waals surface area contributed by atoms with E-state index in [0.717, 1.165) is 97.7 Å². The lowest BCUT2D eigenvalue weighted by Gasteiger charge is -2.32. The highest BCUT2D eigenvalue weighted by molar-refractivity contribution is 5.20. The Balaban J connectivity index is 0.000000251. The van der Waals surface area contributed by atoms with Crippen molar-refractivity contribution in [2.45, 2.75) is 278 Å². The van der Waals surface area contributed by atoms with Crippen molar-refractivity contribution >= 4 is 0 Å². The fraction of sp³-hybridized carbons (Fsp3) is 0.841. The van der Waals surface area contributed by atoms with Crippen molar-refractivity contribution in [2.75, 3.05) is 13.2 Å². The molecule has 2 heterocycles. The maximum absolute atomic E-state index is 5.84. The van der Waals surface area contributed by atoms with E-state index >= 15 is 0 Å². The van der Waals surface area contributed by atoms with Crippen LogP contribution in [0.1, 0.15) is 277 Å². The van der Waals surface area contributed by atoms with Gasteiger partial charge in [-0.3, -0.25) is 9.97 Å². The first-order chi connectivity index (χ1) is 33.0. The van der Waals surface area contributed by atoms with Crippen molar-refractivity contribution in [1.82, 2.24) is 9.97 Å².